The van der Waals surface area contributed by atoms with E-state index in [0.29, 0.717) is 5.56 Å². The fourth-order valence-electron chi connectivity index (χ4n) is 1.90. The number of rotatable bonds is 1. The van der Waals surface area contributed by atoms with Gasteiger partial charge in [-0.15, -0.1) is 0 Å². The van der Waals surface area contributed by atoms with Crippen LogP contribution in [0.2, 0.25) is 0 Å². The zero-order valence-corrected chi connectivity index (χ0v) is 9.70. The highest BCUT2D eigenvalue weighted by Crippen LogP contribution is 2.29. The maximum absolute atomic E-state index is 13.8. The topological polar surface area (TPSA) is 12.0 Å². The van der Waals surface area contributed by atoms with Crippen molar-refractivity contribution in [2.24, 2.45) is 0 Å². The standard InChI is InChI=1S/C11H13BrFN/c1-7-9(12)5-4-8(11(7)13)10-3-2-6-14-10/h4-5,10,14H,2-3,6H2,1H3. The summed E-state index contributed by atoms with van der Waals surface area (Å²) >= 11 is 3.33. The van der Waals surface area contributed by atoms with Crippen LogP contribution in [-0.2, 0) is 0 Å². The third kappa shape index (κ3) is 1.71. The van der Waals surface area contributed by atoms with E-state index in [0.717, 1.165) is 29.4 Å². The molecule has 0 bridgehead atoms. The molecule has 0 radical (unpaired) electrons. The quantitative estimate of drug-likeness (QED) is 0.814. The fraction of sp³-hybridized carbons (Fsp3) is 0.455. The van der Waals surface area contributed by atoms with Gasteiger partial charge in [0.15, 0.2) is 0 Å². The van der Waals surface area contributed by atoms with Gasteiger partial charge in [-0.25, -0.2) is 4.39 Å². The van der Waals surface area contributed by atoms with Crippen LogP contribution in [0, 0.1) is 12.7 Å². The van der Waals surface area contributed by atoms with Crippen molar-refractivity contribution in [3.05, 3.63) is 33.5 Å². The van der Waals surface area contributed by atoms with E-state index >= 15 is 0 Å². The minimum absolute atomic E-state index is 0.0706. The molecule has 3 heteroatoms. The predicted molar refractivity (Wildman–Crippen MR) is 58.8 cm³/mol. The van der Waals surface area contributed by atoms with Crippen LogP contribution < -0.4 is 5.32 Å². The Morgan fingerprint density at radius 3 is 2.93 bits per heavy atom. The lowest BCUT2D eigenvalue weighted by molar-refractivity contribution is 0.552. The molecule has 1 aliphatic heterocycles. The van der Waals surface area contributed by atoms with Gasteiger partial charge in [0.2, 0.25) is 0 Å². The summed E-state index contributed by atoms with van der Waals surface area (Å²) in [6.07, 6.45) is 2.18. The molecule has 1 saturated heterocycles. The van der Waals surface area contributed by atoms with E-state index in [4.69, 9.17) is 0 Å². The molecule has 0 saturated carbocycles. The summed E-state index contributed by atoms with van der Waals surface area (Å²) in [5, 5.41) is 3.31. The SMILES string of the molecule is Cc1c(Br)ccc(C2CCCN2)c1F. The molecule has 1 aromatic carbocycles. The highest BCUT2D eigenvalue weighted by Gasteiger charge is 2.20. The van der Waals surface area contributed by atoms with Crippen LogP contribution in [0.1, 0.15) is 30.0 Å². The second-order valence-electron chi connectivity index (χ2n) is 3.72. The highest BCUT2D eigenvalue weighted by atomic mass is 79.9. The average molecular weight is 258 g/mol. The first kappa shape index (κ1) is 10.1. The summed E-state index contributed by atoms with van der Waals surface area (Å²) in [7, 11) is 0. The Bertz CT molecular complexity index is 345. The van der Waals surface area contributed by atoms with Crippen molar-refractivity contribution in [2.75, 3.05) is 6.54 Å². The first-order valence-corrected chi connectivity index (χ1v) is 5.67. The molecule has 0 spiro atoms. The van der Waals surface area contributed by atoms with Crippen LogP contribution >= 0.6 is 15.9 Å². The molecule has 1 unspecified atom stereocenters. The Hall–Kier alpha value is -0.410. The Labute approximate surface area is 91.8 Å². The number of hydrogen-bond donors (Lipinski definition) is 1. The Morgan fingerprint density at radius 2 is 2.29 bits per heavy atom. The zero-order valence-electron chi connectivity index (χ0n) is 8.11. The van der Waals surface area contributed by atoms with Gasteiger partial charge in [0.1, 0.15) is 5.82 Å². The van der Waals surface area contributed by atoms with Crippen LogP contribution in [0.5, 0.6) is 0 Å². The average Bonchev–Trinajstić information content (AvgIpc) is 2.67. The molecule has 1 fully saturated rings. The van der Waals surface area contributed by atoms with Gasteiger partial charge in [0.05, 0.1) is 0 Å². The lowest BCUT2D eigenvalue weighted by Crippen LogP contribution is -2.14. The van der Waals surface area contributed by atoms with Crippen molar-refractivity contribution in [3.8, 4) is 0 Å². The Balaban J connectivity index is 2.38. The predicted octanol–water partition coefficient (Wildman–Crippen LogP) is 3.32. The minimum Gasteiger partial charge on any atom is -0.310 e. The normalized spacial score (nSPS) is 21.5. The minimum atomic E-state index is -0.0706. The molecule has 0 amide bonds. The first-order valence-electron chi connectivity index (χ1n) is 4.88. The molecule has 1 heterocycles. The van der Waals surface area contributed by atoms with Gasteiger partial charge in [-0.3, -0.25) is 0 Å². The molecular weight excluding hydrogens is 245 g/mol. The fourth-order valence-corrected chi connectivity index (χ4v) is 2.21. The molecule has 0 aromatic heterocycles. The maximum Gasteiger partial charge on any atom is 0.132 e. The van der Waals surface area contributed by atoms with E-state index in [9.17, 15) is 4.39 Å². The molecule has 1 atom stereocenters. The van der Waals surface area contributed by atoms with E-state index in [1.807, 2.05) is 12.1 Å². The van der Waals surface area contributed by atoms with E-state index in [1.165, 1.54) is 0 Å². The van der Waals surface area contributed by atoms with Crippen molar-refractivity contribution in [2.45, 2.75) is 25.8 Å². The summed E-state index contributed by atoms with van der Waals surface area (Å²) in [4.78, 5) is 0. The van der Waals surface area contributed by atoms with Crippen LogP contribution in [0.4, 0.5) is 4.39 Å². The van der Waals surface area contributed by atoms with Gasteiger partial charge in [-0.1, -0.05) is 22.0 Å². The first-order chi connectivity index (χ1) is 6.70. The van der Waals surface area contributed by atoms with Crippen LogP contribution in [0.25, 0.3) is 0 Å². The molecule has 14 heavy (non-hydrogen) atoms. The van der Waals surface area contributed by atoms with Crippen LogP contribution in [-0.4, -0.2) is 6.54 Å². The lowest BCUT2D eigenvalue weighted by atomic mass is 10.0. The van der Waals surface area contributed by atoms with Crippen molar-refractivity contribution in [1.29, 1.82) is 0 Å². The van der Waals surface area contributed by atoms with E-state index < -0.39 is 0 Å². The van der Waals surface area contributed by atoms with Crippen molar-refractivity contribution in [3.63, 3.8) is 0 Å². The largest absolute Gasteiger partial charge is 0.310 e. The highest BCUT2D eigenvalue weighted by molar-refractivity contribution is 9.10. The van der Waals surface area contributed by atoms with Crippen molar-refractivity contribution >= 4 is 15.9 Å². The molecule has 1 N–H and O–H groups in total. The molecule has 76 valence electrons. The second-order valence-corrected chi connectivity index (χ2v) is 4.58. The Kier molecular flexibility index (Phi) is 2.88. The third-order valence-electron chi connectivity index (χ3n) is 2.79. The lowest BCUT2D eigenvalue weighted by Gasteiger charge is -2.13. The van der Waals surface area contributed by atoms with Gasteiger partial charge in [-0.2, -0.15) is 0 Å². The van der Waals surface area contributed by atoms with Crippen LogP contribution in [0.3, 0.4) is 0 Å². The number of benzene rings is 1. The maximum atomic E-state index is 13.8. The Morgan fingerprint density at radius 1 is 1.50 bits per heavy atom. The summed E-state index contributed by atoms with van der Waals surface area (Å²) < 4.78 is 14.7. The number of nitrogens with one attached hydrogen (secondary N) is 1. The van der Waals surface area contributed by atoms with Crippen molar-refractivity contribution in [1.82, 2.24) is 5.32 Å². The summed E-state index contributed by atoms with van der Waals surface area (Å²) in [6.45, 7) is 2.80. The van der Waals surface area contributed by atoms with E-state index in [2.05, 4.69) is 21.2 Å². The van der Waals surface area contributed by atoms with Crippen LogP contribution in [0.15, 0.2) is 16.6 Å². The molecule has 1 nitrogen and oxygen atoms in total. The zero-order chi connectivity index (χ0) is 10.1. The molecule has 1 aliphatic rings. The molecular formula is C11H13BrFN. The molecule has 2 rings (SSSR count). The molecule has 1 aromatic rings. The smallest absolute Gasteiger partial charge is 0.132 e. The number of hydrogen-bond acceptors (Lipinski definition) is 1. The van der Waals surface area contributed by atoms with E-state index in [-0.39, 0.29) is 11.9 Å². The van der Waals surface area contributed by atoms with Gasteiger partial charge in [0.25, 0.3) is 0 Å². The summed E-state index contributed by atoms with van der Waals surface area (Å²) in [5.74, 6) is -0.0706. The monoisotopic (exact) mass is 257 g/mol. The van der Waals surface area contributed by atoms with Gasteiger partial charge >= 0.3 is 0 Å². The van der Waals surface area contributed by atoms with E-state index in [1.54, 1.807) is 6.92 Å². The van der Waals surface area contributed by atoms with Gasteiger partial charge < -0.3 is 5.32 Å². The van der Waals surface area contributed by atoms with Gasteiger partial charge in [-0.05, 0) is 37.9 Å². The van der Waals surface area contributed by atoms with Crippen molar-refractivity contribution < 1.29 is 4.39 Å². The van der Waals surface area contributed by atoms with Gasteiger partial charge in [0, 0.05) is 16.1 Å². The molecule has 0 aliphatic carbocycles. The summed E-state index contributed by atoms with van der Waals surface area (Å²) in [5.41, 5.74) is 1.51. The summed E-state index contributed by atoms with van der Waals surface area (Å²) in [6, 6.07) is 4.00. The third-order valence-corrected chi connectivity index (χ3v) is 3.64. The number of halogens is 2. The second kappa shape index (κ2) is 3.99.